The molecule has 7 heteroatoms. The summed E-state index contributed by atoms with van der Waals surface area (Å²) in [6.45, 7) is 1.62. The molecule has 0 aliphatic heterocycles. The molecule has 1 amide bonds. The molecule has 18 heavy (non-hydrogen) atoms. The van der Waals surface area contributed by atoms with Gasteiger partial charge in [-0.3, -0.25) is 4.79 Å². The van der Waals surface area contributed by atoms with E-state index in [1.165, 1.54) is 30.5 Å². The molecule has 98 valence electrons. The SMILES string of the molecule is CCOC(=O)C(=O)N=[S@](C)(=O)c1ccc(Cl)cc1. The molecule has 1 rings (SSSR count). The first-order valence-corrected chi connectivity index (χ1v) is 7.35. The van der Waals surface area contributed by atoms with Crippen molar-refractivity contribution in [3.63, 3.8) is 0 Å². The highest BCUT2D eigenvalue weighted by atomic mass is 35.5. The molecule has 5 nitrogen and oxygen atoms in total. The van der Waals surface area contributed by atoms with Crippen LogP contribution >= 0.6 is 11.6 Å². The summed E-state index contributed by atoms with van der Waals surface area (Å²) in [7, 11) is -2.97. The average Bonchev–Trinajstić information content (AvgIpc) is 2.29. The lowest BCUT2D eigenvalue weighted by Crippen LogP contribution is -2.17. The second-order valence-corrected chi connectivity index (χ2v) is 6.07. The first-order chi connectivity index (χ1) is 8.36. The van der Waals surface area contributed by atoms with E-state index in [0.717, 1.165) is 0 Å². The molecule has 0 radical (unpaired) electrons. The maximum atomic E-state index is 12.2. The largest absolute Gasteiger partial charge is 0.459 e. The van der Waals surface area contributed by atoms with Gasteiger partial charge in [0.15, 0.2) is 0 Å². The number of hydrogen-bond acceptors (Lipinski definition) is 4. The van der Waals surface area contributed by atoms with E-state index in [0.29, 0.717) is 9.92 Å². The molecule has 0 aromatic heterocycles. The minimum Gasteiger partial charge on any atom is -0.459 e. The summed E-state index contributed by atoms with van der Waals surface area (Å²) in [5.74, 6) is -2.26. The van der Waals surface area contributed by atoms with Crippen molar-refractivity contribution in [3.05, 3.63) is 29.3 Å². The van der Waals surface area contributed by atoms with Crippen LogP contribution in [0.15, 0.2) is 33.5 Å². The number of benzene rings is 1. The molecule has 0 aliphatic carbocycles. The second kappa shape index (κ2) is 5.97. The lowest BCUT2D eigenvalue weighted by Gasteiger charge is -2.03. The highest BCUT2D eigenvalue weighted by molar-refractivity contribution is 7.93. The Morgan fingerprint density at radius 1 is 1.33 bits per heavy atom. The van der Waals surface area contributed by atoms with Crippen molar-refractivity contribution in [3.8, 4) is 0 Å². The van der Waals surface area contributed by atoms with Gasteiger partial charge in [-0.25, -0.2) is 9.00 Å². The maximum absolute atomic E-state index is 12.2. The topological polar surface area (TPSA) is 72.8 Å². The molecule has 1 aromatic carbocycles. The maximum Gasteiger partial charge on any atom is 0.399 e. The molecular formula is C11H12ClNO4S. The Bertz CT molecular complexity index is 573. The van der Waals surface area contributed by atoms with Gasteiger partial charge in [-0.1, -0.05) is 11.6 Å². The molecule has 0 N–H and O–H groups in total. The molecule has 0 bridgehead atoms. The van der Waals surface area contributed by atoms with Crippen LogP contribution in [-0.2, 0) is 24.1 Å². The predicted octanol–water partition coefficient (Wildman–Crippen LogP) is 1.89. The lowest BCUT2D eigenvalue weighted by atomic mass is 10.4. The molecule has 0 fully saturated rings. The van der Waals surface area contributed by atoms with Gasteiger partial charge in [0, 0.05) is 16.2 Å². The van der Waals surface area contributed by atoms with Crippen molar-refractivity contribution in [2.24, 2.45) is 4.36 Å². The number of halogens is 1. The van der Waals surface area contributed by atoms with Crippen LogP contribution in [0.3, 0.4) is 0 Å². The summed E-state index contributed by atoms with van der Waals surface area (Å²) < 4.78 is 20.1. The molecule has 0 saturated carbocycles. The highest BCUT2D eigenvalue weighted by Gasteiger charge is 2.17. The third-order valence-electron chi connectivity index (χ3n) is 1.96. The minimum atomic E-state index is -2.97. The number of carbonyl (C=O) groups is 2. The lowest BCUT2D eigenvalue weighted by molar-refractivity contribution is -0.152. The zero-order valence-electron chi connectivity index (χ0n) is 9.88. The molecule has 0 saturated heterocycles. The summed E-state index contributed by atoms with van der Waals surface area (Å²) >= 11 is 5.69. The normalized spacial score (nSPS) is 13.5. The Hall–Kier alpha value is -1.40. The summed E-state index contributed by atoms with van der Waals surface area (Å²) in [5.41, 5.74) is 0. The van der Waals surface area contributed by atoms with Gasteiger partial charge < -0.3 is 4.74 Å². The average molecular weight is 290 g/mol. The van der Waals surface area contributed by atoms with E-state index < -0.39 is 21.6 Å². The standard InChI is InChI=1S/C11H12ClNO4S/c1-3-17-11(15)10(14)13-18(2,16)9-6-4-8(12)5-7-9/h4-7H,3H2,1-2H3/t18-/m1/s1. The van der Waals surface area contributed by atoms with Crippen LogP contribution < -0.4 is 0 Å². The van der Waals surface area contributed by atoms with Gasteiger partial charge in [-0.05, 0) is 31.2 Å². The Kier molecular flexibility index (Phi) is 4.86. The Morgan fingerprint density at radius 3 is 2.39 bits per heavy atom. The zero-order valence-corrected chi connectivity index (χ0v) is 11.5. The van der Waals surface area contributed by atoms with Crippen molar-refractivity contribution in [2.45, 2.75) is 11.8 Å². The molecular weight excluding hydrogens is 278 g/mol. The summed E-state index contributed by atoms with van der Waals surface area (Å²) in [5, 5.41) is 0.477. The monoisotopic (exact) mass is 289 g/mol. The molecule has 0 spiro atoms. The molecule has 0 aliphatic rings. The Morgan fingerprint density at radius 2 is 1.89 bits per heavy atom. The number of nitrogens with zero attached hydrogens (tertiary/aromatic N) is 1. The fourth-order valence-corrected chi connectivity index (χ4v) is 2.39. The number of hydrogen-bond donors (Lipinski definition) is 0. The number of ether oxygens (including phenoxy) is 1. The summed E-state index contributed by atoms with van der Waals surface area (Å²) in [6.07, 6.45) is 1.27. The Labute approximate surface area is 110 Å². The van der Waals surface area contributed by atoms with Gasteiger partial charge in [-0.2, -0.15) is 0 Å². The summed E-state index contributed by atoms with van der Waals surface area (Å²) in [6, 6.07) is 6.05. The van der Waals surface area contributed by atoms with Crippen molar-refractivity contribution >= 4 is 33.2 Å². The van der Waals surface area contributed by atoms with Crippen molar-refractivity contribution < 1.29 is 18.5 Å². The van der Waals surface area contributed by atoms with Gasteiger partial charge in [-0.15, -0.1) is 4.36 Å². The van der Waals surface area contributed by atoms with Gasteiger partial charge >= 0.3 is 11.9 Å². The van der Waals surface area contributed by atoms with Crippen LogP contribution in [0.4, 0.5) is 0 Å². The number of esters is 1. The number of carbonyl (C=O) groups excluding carboxylic acids is 2. The second-order valence-electron chi connectivity index (χ2n) is 3.37. The first-order valence-electron chi connectivity index (χ1n) is 5.05. The molecule has 0 unspecified atom stereocenters. The van der Waals surface area contributed by atoms with Crippen LogP contribution in [0.25, 0.3) is 0 Å². The van der Waals surface area contributed by atoms with Crippen LogP contribution in [0.1, 0.15) is 6.92 Å². The third kappa shape index (κ3) is 3.82. The van der Waals surface area contributed by atoms with Gasteiger partial charge in [0.25, 0.3) is 0 Å². The van der Waals surface area contributed by atoms with E-state index >= 15 is 0 Å². The summed E-state index contributed by atoms with van der Waals surface area (Å²) in [4.78, 5) is 22.8. The van der Waals surface area contributed by atoms with Gasteiger partial charge in [0.05, 0.1) is 16.3 Å². The van der Waals surface area contributed by atoms with Crippen molar-refractivity contribution in [1.29, 1.82) is 0 Å². The molecule has 1 aromatic rings. The van der Waals surface area contributed by atoms with Crippen LogP contribution in [0.5, 0.6) is 0 Å². The smallest absolute Gasteiger partial charge is 0.399 e. The van der Waals surface area contributed by atoms with Crippen LogP contribution in [0, 0.1) is 0 Å². The van der Waals surface area contributed by atoms with E-state index in [1.807, 2.05) is 0 Å². The minimum absolute atomic E-state index is 0.0615. The van der Waals surface area contributed by atoms with Crippen molar-refractivity contribution in [1.82, 2.24) is 0 Å². The molecule has 0 heterocycles. The van der Waals surface area contributed by atoms with Crippen LogP contribution in [0.2, 0.25) is 5.02 Å². The number of amides is 1. The van der Waals surface area contributed by atoms with Gasteiger partial charge in [0.1, 0.15) is 0 Å². The van der Waals surface area contributed by atoms with E-state index in [2.05, 4.69) is 9.10 Å². The fourth-order valence-electron chi connectivity index (χ4n) is 1.13. The fraction of sp³-hybridized carbons (Fsp3) is 0.273. The van der Waals surface area contributed by atoms with E-state index in [-0.39, 0.29) is 6.61 Å². The van der Waals surface area contributed by atoms with E-state index in [9.17, 15) is 13.8 Å². The first kappa shape index (κ1) is 14.7. The molecule has 1 atom stereocenters. The Balaban J connectivity index is 3.06. The number of rotatable bonds is 2. The zero-order chi connectivity index (χ0) is 13.8. The predicted molar refractivity (Wildman–Crippen MR) is 67.9 cm³/mol. The third-order valence-corrected chi connectivity index (χ3v) is 3.87. The van der Waals surface area contributed by atoms with E-state index in [4.69, 9.17) is 11.6 Å². The van der Waals surface area contributed by atoms with Crippen LogP contribution in [-0.4, -0.2) is 28.9 Å². The van der Waals surface area contributed by atoms with E-state index in [1.54, 1.807) is 6.92 Å². The highest BCUT2D eigenvalue weighted by Crippen LogP contribution is 2.15. The quantitative estimate of drug-likeness (QED) is 0.615. The van der Waals surface area contributed by atoms with Gasteiger partial charge in [0.2, 0.25) is 0 Å². The van der Waals surface area contributed by atoms with Crippen molar-refractivity contribution in [2.75, 3.05) is 12.9 Å².